The Kier molecular flexibility index (Phi) is 56.0. The number of rotatable bonds is 51. The van der Waals surface area contributed by atoms with E-state index in [0.29, 0.717) is 12.8 Å². The van der Waals surface area contributed by atoms with Crippen molar-refractivity contribution in [2.45, 2.75) is 245 Å². The van der Waals surface area contributed by atoms with E-state index >= 15 is 0 Å². The highest BCUT2D eigenvalue weighted by molar-refractivity contribution is 5.71. The highest BCUT2D eigenvalue weighted by Crippen LogP contribution is 2.13. The van der Waals surface area contributed by atoms with Crippen molar-refractivity contribution in [3.05, 3.63) is 146 Å². The number of hydrogen-bond donors (Lipinski definition) is 0. The molecule has 0 N–H and O–H groups in total. The number of carbonyl (C=O) groups is 3. The summed E-state index contributed by atoms with van der Waals surface area (Å²) in [5, 5.41) is 0. The third-order valence-electron chi connectivity index (χ3n) is 11.9. The summed E-state index contributed by atoms with van der Waals surface area (Å²) in [4.78, 5) is 38.2. The summed E-state index contributed by atoms with van der Waals surface area (Å²) < 4.78 is 16.8. The van der Waals surface area contributed by atoms with Crippen molar-refractivity contribution >= 4 is 17.9 Å². The van der Waals surface area contributed by atoms with Gasteiger partial charge in [-0.3, -0.25) is 14.4 Å². The van der Waals surface area contributed by atoms with E-state index in [1.807, 2.05) is 30.4 Å². The molecule has 6 nitrogen and oxygen atoms in total. The molecule has 0 saturated carbocycles. The summed E-state index contributed by atoms with van der Waals surface area (Å²) >= 11 is 0. The lowest BCUT2D eigenvalue weighted by molar-refractivity contribution is -0.167. The van der Waals surface area contributed by atoms with Gasteiger partial charge in [-0.1, -0.05) is 256 Å². The molecule has 1 atom stereocenters. The number of hydrogen-bond acceptors (Lipinski definition) is 6. The molecule has 1 unspecified atom stereocenters. The molecule has 0 aliphatic rings. The van der Waals surface area contributed by atoms with Crippen LogP contribution in [0.15, 0.2) is 146 Å². The molecule has 0 heterocycles. The molecular formula is C67H106O6. The second-order valence-electron chi connectivity index (χ2n) is 19.0. The standard InChI is InChI=1S/C67H106O6/c1-4-7-10-13-16-19-22-25-28-31-34-37-39-42-45-48-51-54-57-60-66(69)72-63-64(73-67(70)61-58-55-52-49-46-43-40-36-33-30-27-24-21-18-15-12-9-6-3)62-71-65(68)59-56-53-50-47-44-41-38-35-32-29-26-23-20-17-14-11-8-5-2/h7,10,12,15-16,18-19,21,24-25,27-30,32-38,40,42,45,64H,4-6,8-9,11,13-14,17,20,22-23,26,31,39,41,43-44,46-63H2,1-3H3/b10-7-,15-12-,19-16-,21-18-,27-24-,28-25-,32-29-,33-30-,37-34-,38-35-,40-36-,45-42-. The SMILES string of the molecule is CC/C=C\C/C=C\C/C=C\C/C=C\C/C=C\CCCCCC(=O)OCC(COC(=O)CCCCCCC/C=C\C=C/CCCCCCCCC)OC(=O)CCCCCCC\C=C/C=C\C=C/C=C\C=C/CCC. The van der Waals surface area contributed by atoms with E-state index in [9.17, 15) is 14.4 Å². The van der Waals surface area contributed by atoms with E-state index in [4.69, 9.17) is 14.2 Å². The molecule has 0 aliphatic carbocycles. The first-order chi connectivity index (χ1) is 36.0. The molecule has 0 radical (unpaired) electrons. The van der Waals surface area contributed by atoms with Gasteiger partial charge in [-0.25, -0.2) is 0 Å². The molecule has 0 amide bonds. The van der Waals surface area contributed by atoms with Gasteiger partial charge in [0.1, 0.15) is 13.2 Å². The number of carbonyl (C=O) groups excluding carboxylic acids is 3. The number of allylic oxidation sites excluding steroid dienone is 24. The van der Waals surface area contributed by atoms with Crippen molar-refractivity contribution in [3.8, 4) is 0 Å². The lowest BCUT2D eigenvalue weighted by Crippen LogP contribution is -2.30. The Balaban J connectivity index is 4.57. The first-order valence-electron chi connectivity index (χ1n) is 29.4. The van der Waals surface area contributed by atoms with Crippen LogP contribution in [0.1, 0.15) is 239 Å². The van der Waals surface area contributed by atoms with Crippen LogP contribution in [0.3, 0.4) is 0 Å². The fraction of sp³-hybridized carbons (Fsp3) is 0.597. The maximum atomic E-state index is 12.9. The molecule has 0 aromatic rings. The van der Waals surface area contributed by atoms with Crippen LogP contribution < -0.4 is 0 Å². The molecule has 0 aromatic heterocycles. The Hall–Kier alpha value is -4.71. The Morgan fingerprint density at radius 1 is 0.301 bits per heavy atom. The minimum Gasteiger partial charge on any atom is -0.462 e. The highest BCUT2D eigenvalue weighted by Gasteiger charge is 2.19. The molecule has 0 aromatic carbocycles. The van der Waals surface area contributed by atoms with Crippen LogP contribution in [0, 0.1) is 0 Å². The summed E-state index contributed by atoms with van der Waals surface area (Å²) in [6.45, 7) is 6.36. The second kappa shape index (κ2) is 59.8. The van der Waals surface area contributed by atoms with E-state index < -0.39 is 6.10 Å². The van der Waals surface area contributed by atoms with Crippen molar-refractivity contribution in [1.82, 2.24) is 0 Å². The molecule has 73 heavy (non-hydrogen) atoms. The lowest BCUT2D eigenvalue weighted by Gasteiger charge is -2.18. The summed E-state index contributed by atoms with van der Waals surface area (Å²) in [7, 11) is 0. The summed E-state index contributed by atoms with van der Waals surface area (Å²) in [6.07, 6.45) is 85.4. The van der Waals surface area contributed by atoms with Gasteiger partial charge in [-0.05, 0) is 109 Å². The normalized spacial score (nSPS) is 13.2. The first-order valence-corrected chi connectivity index (χ1v) is 29.4. The van der Waals surface area contributed by atoms with Gasteiger partial charge in [0.25, 0.3) is 0 Å². The van der Waals surface area contributed by atoms with E-state index in [1.165, 1.54) is 57.8 Å². The van der Waals surface area contributed by atoms with Gasteiger partial charge >= 0.3 is 17.9 Å². The fourth-order valence-corrected chi connectivity index (χ4v) is 7.55. The van der Waals surface area contributed by atoms with E-state index in [1.54, 1.807) is 0 Å². The van der Waals surface area contributed by atoms with E-state index in [-0.39, 0.29) is 37.5 Å². The van der Waals surface area contributed by atoms with Gasteiger partial charge in [0.15, 0.2) is 6.10 Å². The van der Waals surface area contributed by atoms with Crippen LogP contribution in [0.2, 0.25) is 0 Å². The zero-order valence-corrected chi connectivity index (χ0v) is 46.8. The molecule has 0 saturated heterocycles. The van der Waals surface area contributed by atoms with Crippen LogP contribution in [-0.2, 0) is 28.6 Å². The Bertz CT molecular complexity index is 1630. The Labute approximate surface area is 448 Å². The van der Waals surface area contributed by atoms with Crippen LogP contribution in [0.4, 0.5) is 0 Å². The molecule has 0 aliphatic heterocycles. The monoisotopic (exact) mass is 1010 g/mol. The second-order valence-corrected chi connectivity index (χ2v) is 19.0. The van der Waals surface area contributed by atoms with Crippen molar-refractivity contribution in [2.75, 3.05) is 13.2 Å². The maximum absolute atomic E-state index is 12.9. The maximum Gasteiger partial charge on any atom is 0.306 e. The molecule has 0 rings (SSSR count). The van der Waals surface area contributed by atoms with Crippen molar-refractivity contribution < 1.29 is 28.6 Å². The van der Waals surface area contributed by atoms with Crippen LogP contribution in [0.25, 0.3) is 0 Å². The van der Waals surface area contributed by atoms with E-state index in [2.05, 4.69) is 136 Å². The van der Waals surface area contributed by atoms with Crippen molar-refractivity contribution in [1.29, 1.82) is 0 Å². The fourth-order valence-electron chi connectivity index (χ4n) is 7.55. The molecule has 6 heteroatoms. The average molecular weight is 1010 g/mol. The lowest BCUT2D eigenvalue weighted by atomic mass is 10.1. The Morgan fingerprint density at radius 3 is 1.04 bits per heavy atom. The summed E-state index contributed by atoms with van der Waals surface area (Å²) in [6, 6.07) is 0. The topological polar surface area (TPSA) is 78.9 Å². The van der Waals surface area contributed by atoms with Gasteiger partial charge in [0.05, 0.1) is 0 Å². The third-order valence-corrected chi connectivity index (χ3v) is 11.9. The van der Waals surface area contributed by atoms with Gasteiger partial charge in [-0.2, -0.15) is 0 Å². The zero-order valence-electron chi connectivity index (χ0n) is 46.8. The minimum absolute atomic E-state index is 0.113. The molecule has 0 spiro atoms. The van der Waals surface area contributed by atoms with E-state index in [0.717, 1.165) is 141 Å². The quantitative estimate of drug-likeness (QED) is 0.0199. The van der Waals surface area contributed by atoms with Crippen molar-refractivity contribution in [2.24, 2.45) is 0 Å². The minimum atomic E-state index is -0.820. The van der Waals surface area contributed by atoms with Gasteiger partial charge < -0.3 is 14.2 Å². The number of ether oxygens (including phenoxy) is 3. The highest BCUT2D eigenvalue weighted by atomic mass is 16.6. The number of unbranched alkanes of at least 4 members (excludes halogenated alkanes) is 21. The molecule has 0 fully saturated rings. The zero-order chi connectivity index (χ0) is 52.9. The van der Waals surface area contributed by atoms with Crippen LogP contribution in [-0.4, -0.2) is 37.2 Å². The molecule has 0 bridgehead atoms. The molecule has 410 valence electrons. The summed E-state index contributed by atoms with van der Waals surface area (Å²) in [5.41, 5.74) is 0. The largest absolute Gasteiger partial charge is 0.462 e. The first kappa shape index (κ1) is 68.3. The van der Waals surface area contributed by atoms with Crippen molar-refractivity contribution in [3.63, 3.8) is 0 Å². The third kappa shape index (κ3) is 58.1. The van der Waals surface area contributed by atoms with Gasteiger partial charge in [-0.15, -0.1) is 0 Å². The number of esters is 3. The predicted molar refractivity (Wildman–Crippen MR) is 315 cm³/mol. The van der Waals surface area contributed by atoms with Gasteiger partial charge in [0, 0.05) is 19.3 Å². The predicted octanol–water partition coefficient (Wildman–Crippen LogP) is 20.0. The van der Waals surface area contributed by atoms with Gasteiger partial charge in [0.2, 0.25) is 0 Å². The van der Waals surface area contributed by atoms with Crippen LogP contribution in [0.5, 0.6) is 0 Å². The smallest absolute Gasteiger partial charge is 0.306 e. The average Bonchev–Trinajstić information content (AvgIpc) is 3.39. The molecular weight excluding hydrogens is 901 g/mol. The Morgan fingerprint density at radius 2 is 0.616 bits per heavy atom. The summed E-state index contributed by atoms with van der Waals surface area (Å²) in [5.74, 6) is -0.990. The van der Waals surface area contributed by atoms with Crippen LogP contribution >= 0.6 is 0 Å².